The average Bonchev–Trinajstić information content (AvgIpc) is 2.98. The maximum atomic E-state index is 11.4. The van der Waals surface area contributed by atoms with Crippen molar-refractivity contribution in [2.24, 2.45) is 7.05 Å². The largest absolute Gasteiger partial charge is 0.490 e. The lowest BCUT2D eigenvalue weighted by molar-refractivity contribution is -0.385. The third kappa shape index (κ3) is 3.43. The number of nitro groups is 1. The van der Waals surface area contributed by atoms with Crippen LogP contribution in [0.15, 0.2) is 24.5 Å². The van der Waals surface area contributed by atoms with Gasteiger partial charge in [0, 0.05) is 55.3 Å². The van der Waals surface area contributed by atoms with Crippen molar-refractivity contribution in [1.82, 2.24) is 9.78 Å². The van der Waals surface area contributed by atoms with Crippen LogP contribution in [0.5, 0.6) is 5.75 Å². The Morgan fingerprint density at radius 1 is 1.32 bits per heavy atom. The fourth-order valence-electron chi connectivity index (χ4n) is 3.29. The molecular weight excluding hydrogens is 324 g/mol. The highest BCUT2D eigenvalue weighted by Gasteiger charge is 2.28. The molecular formula is C17H22N4O4. The molecule has 2 heterocycles. The molecule has 8 heteroatoms. The lowest BCUT2D eigenvalue weighted by Gasteiger charge is -2.37. The van der Waals surface area contributed by atoms with E-state index in [4.69, 9.17) is 9.47 Å². The molecule has 3 rings (SSSR count). The van der Waals surface area contributed by atoms with Crippen molar-refractivity contribution < 1.29 is 14.4 Å². The maximum absolute atomic E-state index is 11.4. The van der Waals surface area contributed by atoms with Crippen LogP contribution < -0.4 is 9.64 Å². The Morgan fingerprint density at radius 3 is 2.52 bits per heavy atom. The molecule has 8 nitrogen and oxygen atoms in total. The molecule has 0 saturated carbocycles. The third-order valence-corrected chi connectivity index (χ3v) is 4.27. The van der Waals surface area contributed by atoms with Crippen molar-refractivity contribution in [3.05, 3.63) is 34.6 Å². The van der Waals surface area contributed by atoms with Gasteiger partial charge in [-0.2, -0.15) is 5.10 Å². The quantitative estimate of drug-likeness (QED) is 0.625. The summed E-state index contributed by atoms with van der Waals surface area (Å²) < 4.78 is 12.8. The highest BCUT2D eigenvalue weighted by Crippen LogP contribution is 2.41. The molecule has 1 aliphatic rings. The summed E-state index contributed by atoms with van der Waals surface area (Å²) in [5, 5.41) is 15.6. The first-order valence-electron chi connectivity index (χ1n) is 8.15. The van der Waals surface area contributed by atoms with Crippen LogP contribution in [0, 0.1) is 10.1 Å². The predicted molar refractivity (Wildman–Crippen MR) is 94.1 cm³/mol. The van der Waals surface area contributed by atoms with E-state index in [0.717, 1.165) is 16.8 Å². The van der Waals surface area contributed by atoms with Gasteiger partial charge in [-0.1, -0.05) is 0 Å². The number of aryl methyl sites for hydroxylation is 1. The Kier molecular flexibility index (Phi) is 4.63. The molecule has 1 saturated heterocycles. The van der Waals surface area contributed by atoms with Gasteiger partial charge in [0.25, 0.3) is 0 Å². The fourth-order valence-corrected chi connectivity index (χ4v) is 3.29. The number of morpholine rings is 1. The van der Waals surface area contributed by atoms with Crippen LogP contribution >= 0.6 is 0 Å². The van der Waals surface area contributed by atoms with Gasteiger partial charge in [0.2, 0.25) is 0 Å². The van der Waals surface area contributed by atoms with E-state index in [0.29, 0.717) is 13.1 Å². The second-order valence-electron chi connectivity index (χ2n) is 6.36. The van der Waals surface area contributed by atoms with Gasteiger partial charge in [0.1, 0.15) is 0 Å². The number of ether oxygens (including phenoxy) is 2. The predicted octanol–water partition coefficient (Wildman–Crippen LogP) is 2.62. The summed E-state index contributed by atoms with van der Waals surface area (Å²) in [6.07, 6.45) is 3.71. The van der Waals surface area contributed by atoms with E-state index in [2.05, 4.69) is 10.00 Å². The van der Waals surface area contributed by atoms with Crippen molar-refractivity contribution in [3.8, 4) is 16.9 Å². The molecule has 0 radical (unpaired) electrons. The molecule has 25 heavy (non-hydrogen) atoms. The molecule has 2 atom stereocenters. The first-order chi connectivity index (χ1) is 11.9. The van der Waals surface area contributed by atoms with Crippen molar-refractivity contribution in [3.63, 3.8) is 0 Å². The lowest BCUT2D eigenvalue weighted by Crippen LogP contribution is -2.45. The molecule has 0 amide bonds. The monoisotopic (exact) mass is 346 g/mol. The highest BCUT2D eigenvalue weighted by molar-refractivity contribution is 5.82. The molecule has 0 bridgehead atoms. The van der Waals surface area contributed by atoms with Crippen LogP contribution in [-0.4, -0.2) is 47.1 Å². The van der Waals surface area contributed by atoms with E-state index in [1.807, 2.05) is 27.1 Å². The number of hydrogen-bond acceptors (Lipinski definition) is 6. The minimum atomic E-state index is -0.424. The van der Waals surface area contributed by atoms with Gasteiger partial charge in [0.15, 0.2) is 5.75 Å². The van der Waals surface area contributed by atoms with E-state index < -0.39 is 4.92 Å². The molecule has 0 aliphatic carbocycles. The minimum Gasteiger partial charge on any atom is -0.490 e. The van der Waals surface area contributed by atoms with Gasteiger partial charge in [0.05, 0.1) is 30.4 Å². The standard InChI is InChI=1S/C17H22N4O4/c1-11-8-20(9-12(2)25-11)15-6-17(24-4)16(21(22)23)5-14(15)13-7-18-19(3)10-13/h5-7,10-12H,8-9H2,1-4H3. The lowest BCUT2D eigenvalue weighted by atomic mass is 10.0. The summed E-state index contributed by atoms with van der Waals surface area (Å²) in [5.74, 6) is 0.249. The van der Waals surface area contributed by atoms with E-state index in [1.165, 1.54) is 7.11 Å². The number of aromatic nitrogens is 2. The van der Waals surface area contributed by atoms with Crippen molar-refractivity contribution in [2.45, 2.75) is 26.1 Å². The smallest absolute Gasteiger partial charge is 0.311 e. The second kappa shape index (κ2) is 6.72. The van der Waals surface area contributed by atoms with Crippen molar-refractivity contribution >= 4 is 11.4 Å². The van der Waals surface area contributed by atoms with Gasteiger partial charge in [-0.25, -0.2) is 0 Å². The Hall–Kier alpha value is -2.61. The summed E-state index contributed by atoms with van der Waals surface area (Å²) in [7, 11) is 3.26. The average molecular weight is 346 g/mol. The zero-order valence-electron chi connectivity index (χ0n) is 14.8. The number of rotatable bonds is 4. The zero-order chi connectivity index (χ0) is 18.1. The fraction of sp³-hybridized carbons (Fsp3) is 0.471. The first-order valence-corrected chi connectivity index (χ1v) is 8.15. The molecule has 1 aliphatic heterocycles. The molecule has 1 aromatic heterocycles. The number of methoxy groups -OCH3 is 1. The van der Waals surface area contributed by atoms with Crippen LogP contribution in [0.25, 0.3) is 11.1 Å². The molecule has 1 fully saturated rings. The summed E-state index contributed by atoms with van der Waals surface area (Å²) >= 11 is 0. The van der Waals surface area contributed by atoms with Gasteiger partial charge in [-0.05, 0) is 13.8 Å². The van der Waals surface area contributed by atoms with E-state index in [-0.39, 0.29) is 23.6 Å². The molecule has 2 aromatic rings. The van der Waals surface area contributed by atoms with Crippen molar-refractivity contribution in [1.29, 1.82) is 0 Å². The number of nitro benzene ring substituents is 1. The minimum absolute atomic E-state index is 0.0561. The number of nitrogens with zero attached hydrogens (tertiary/aromatic N) is 4. The van der Waals surface area contributed by atoms with E-state index in [1.54, 1.807) is 23.0 Å². The van der Waals surface area contributed by atoms with E-state index >= 15 is 0 Å². The van der Waals surface area contributed by atoms with Gasteiger partial charge in [-0.15, -0.1) is 0 Å². The summed E-state index contributed by atoms with van der Waals surface area (Å²) in [5.41, 5.74) is 2.42. The Morgan fingerprint density at radius 2 is 2.00 bits per heavy atom. The topological polar surface area (TPSA) is 82.7 Å². The Bertz CT molecular complexity index is 779. The Labute approximate surface area is 146 Å². The van der Waals surface area contributed by atoms with Crippen LogP contribution in [-0.2, 0) is 11.8 Å². The number of hydrogen-bond donors (Lipinski definition) is 0. The highest BCUT2D eigenvalue weighted by atomic mass is 16.6. The molecule has 0 N–H and O–H groups in total. The van der Waals surface area contributed by atoms with Gasteiger partial charge < -0.3 is 14.4 Å². The Balaban J connectivity index is 2.16. The number of anilines is 1. The first kappa shape index (κ1) is 17.2. The molecule has 134 valence electrons. The van der Waals surface area contributed by atoms with Gasteiger partial charge in [-0.3, -0.25) is 14.8 Å². The van der Waals surface area contributed by atoms with Crippen LogP contribution in [0.3, 0.4) is 0 Å². The van der Waals surface area contributed by atoms with Gasteiger partial charge >= 0.3 is 5.69 Å². The normalized spacial score (nSPS) is 20.6. The van der Waals surface area contributed by atoms with E-state index in [9.17, 15) is 10.1 Å². The molecule has 1 aromatic carbocycles. The molecule has 0 spiro atoms. The summed E-state index contributed by atoms with van der Waals surface area (Å²) in [6, 6.07) is 3.31. The van der Waals surface area contributed by atoms with Crippen LogP contribution in [0.2, 0.25) is 0 Å². The summed E-state index contributed by atoms with van der Waals surface area (Å²) in [4.78, 5) is 13.2. The zero-order valence-corrected chi connectivity index (χ0v) is 14.8. The number of benzene rings is 1. The summed E-state index contributed by atoms with van der Waals surface area (Å²) in [6.45, 7) is 5.46. The maximum Gasteiger partial charge on any atom is 0.311 e. The van der Waals surface area contributed by atoms with Crippen LogP contribution in [0.1, 0.15) is 13.8 Å². The second-order valence-corrected chi connectivity index (χ2v) is 6.36. The van der Waals surface area contributed by atoms with Crippen molar-refractivity contribution in [2.75, 3.05) is 25.1 Å². The third-order valence-electron chi connectivity index (χ3n) is 4.27. The SMILES string of the molecule is COc1cc(N2CC(C)OC(C)C2)c(-c2cnn(C)c2)cc1[N+](=O)[O-]. The van der Waals surface area contributed by atoms with Crippen LogP contribution in [0.4, 0.5) is 11.4 Å². The molecule has 2 unspecified atom stereocenters.